The van der Waals surface area contributed by atoms with Gasteiger partial charge in [0.25, 0.3) is 0 Å². The van der Waals surface area contributed by atoms with E-state index in [4.69, 9.17) is 21.1 Å². The Morgan fingerprint density at radius 2 is 1.22 bits per heavy atom. The molecular formula is C37H57N10O16P. The number of nitrogens with one attached hydrogen (secondary N) is 6. The Bertz CT molecular complexity index is 1890. The molecule has 6 amide bonds. The van der Waals surface area contributed by atoms with Crippen molar-refractivity contribution in [2.45, 2.75) is 121 Å². The molecule has 13 N–H and O–H groups in total. The molecule has 1 aromatic rings. The number of carbonyl (C=O) groups excluding carboxylic acids is 6. The van der Waals surface area contributed by atoms with Crippen LogP contribution in [-0.2, 0) is 54.1 Å². The maximum Gasteiger partial charge on any atom is 0.524 e. The quantitative estimate of drug-likeness (QED) is 0.0144. The molecule has 64 heavy (non-hydrogen) atoms. The summed E-state index contributed by atoms with van der Waals surface area (Å²) in [4.78, 5) is 135. The molecule has 0 saturated heterocycles. The summed E-state index contributed by atoms with van der Waals surface area (Å²) in [5.74, 6) is -11.0. The highest BCUT2D eigenvalue weighted by molar-refractivity contribution is 7.46. The number of azide groups is 1. The van der Waals surface area contributed by atoms with E-state index in [0.717, 1.165) is 6.92 Å². The molecule has 1 rings (SSSR count). The van der Waals surface area contributed by atoms with Gasteiger partial charge in [0, 0.05) is 30.8 Å². The molecule has 0 saturated carbocycles. The summed E-state index contributed by atoms with van der Waals surface area (Å²) in [6.45, 7) is 5.14. The van der Waals surface area contributed by atoms with Crippen LogP contribution in [-0.4, -0.2) is 128 Å². The number of hydrogen-bond acceptors (Lipinski definition) is 13. The van der Waals surface area contributed by atoms with Gasteiger partial charge in [-0.2, -0.15) is 0 Å². The Hall–Kier alpha value is -6.33. The smallest absolute Gasteiger partial charge is 0.481 e. The summed E-state index contributed by atoms with van der Waals surface area (Å²) in [5, 5.41) is 45.5. The Morgan fingerprint density at radius 3 is 1.77 bits per heavy atom. The topological polar surface area (TPSA) is 428 Å². The summed E-state index contributed by atoms with van der Waals surface area (Å²) >= 11 is 0. The van der Waals surface area contributed by atoms with Gasteiger partial charge in [-0.3, -0.25) is 52.9 Å². The predicted octanol–water partition coefficient (Wildman–Crippen LogP) is -0.681. The highest BCUT2D eigenvalue weighted by Crippen LogP contribution is 2.37. The minimum absolute atomic E-state index is 0.0395. The molecule has 0 aliphatic heterocycles. The third-order valence-corrected chi connectivity index (χ3v) is 9.33. The van der Waals surface area contributed by atoms with Crippen molar-refractivity contribution in [1.29, 1.82) is 0 Å². The number of amides is 6. The first kappa shape index (κ1) is 55.7. The highest BCUT2D eigenvalue weighted by Gasteiger charge is 2.34. The van der Waals surface area contributed by atoms with E-state index in [2.05, 4.69) is 46.5 Å². The van der Waals surface area contributed by atoms with Crippen LogP contribution in [0.3, 0.4) is 0 Å². The van der Waals surface area contributed by atoms with Crippen molar-refractivity contribution >= 4 is 61.2 Å². The molecule has 0 fully saturated rings. The Morgan fingerprint density at radius 1 is 0.703 bits per heavy atom. The summed E-state index contributed by atoms with van der Waals surface area (Å²) < 4.78 is 15.8. The van der Waals surface area contributed by atoms with Crippen LogP contribution in [0.15, 0.2) is 29.4 Å². The molecule has 27 heteroatoms. The van der Waals surface area contributed by atoms with E-state index in [-0.39, 0.29) is 31.1 Å². The fourth-order valence-electron chi connectivity index (χ4n) is 5.73. The zero-order chi connectivity index (χ0) is 48.6. The molecule has 0 unspecified atom stereocenters. The Labute approximate surface area is 367 Å². The summed E-state index contributed by atoms with van der Waals surface area (Å²) in [6, 6.07) is -4.49. The van der Waals surface area contributed by atoms with E-state index >= 15 is 0 Å². The fourth-order valence-corrected chi connectivity index (χ4v) is 6.12. The van der Waals surface area contributed by atoms with Crippen LogP contribution in [0.4, 0.5) is 0 Å². The number of carboxylic acid groups (broad SMARTS) is 3. The van der Waals surface area contributed by atoms with Gasteiger partial charge in [-0.25, -0.2) is 4.57 Å². The third-order valence-electron chi connectivity index (χ3n) is 8.89. The van der Waals surface area contributed by atoms with Crippen molar-refractivity contribution in [2.75, 3.05) is 13.1 Å². The highest BCUT2D eigenvalue weighted by atomic mass is 31.2. The van der Waals surface area contributed by atoms with E-state index in [9.17, 15) is 63.0 Å². The number of carbonyl (C=O) groups is 9. The number of nitrogens with two attached hydrogens (primary N) is 1. The monoisotopic (exact) mass is 928 g/mol. The van der Waals surface area contributed by atoms with Gasteiger partial charge >= 0.3 is 25.7 Å². The number of hydrogen-bond donors (Lipinski definition) is 12. The van der Waals surface area contributed by atoms with Crippen LogP contribution < -0.4 is 42.2 Å². The van der Waals surface area contributed by atoms with Crippen molar-refractivity contribution in [3.05, 3.63) is 40.3 Å². The van der Waals surface area contributed by atoms with Gasteiger partial charge in [-0.15, -0.1) is 0 Å². The minimum Gasteiger partial charge on any atom is -0.481 e. The molecular weight excluding hydrogens is 871 g/mol. The van der Waals surface area contributed by atoms with Crippen molar-refractivity contribution in [2.24, 2.45) is 16.8 Å². The molecule has 0 radical (unpaired) electrons. The number of aliphatic carboxylic acids is 3. The maximum atomic E-state index is 13.8. The number of nitrogens with zero attached hydrogens (tertiary/aromatic N) is 3. The molecule has 0 spiro atoms. The zero-order valence-electron chi connectivity index (χ0n) is 35.4. The van der Waals surface area contributed by atoms with Crippen LogP contribution in [0.25, 0.3) is 10.4 Å². The lowest BCUT2D eigenvalue weighted by molar-refractivity contribution is -0.141. The van der Waals surface area contributed by atoms with E-state index in [1.807, 2.05) is 0 Å². The first-order valence-corrected chi connectivity index (χ1v) is 21.5. The third kappa shape index (κ3) is 23.8. The number of unbranched alkanes of at least 4 members (excludes halogenated alkanes) is 3. The van der Waals surface area contributed by atoms with Crippen molar-refractivity contribution < 1.29 is 77.3 Å². The Balaban J connectivity index is 3.24. The lowest BCUT2D eigenvalue weighted by Gasteiger charge is -2.26. The first-order valence-electron chi connectivity index (χ1n) is 20.0. The standard InChI is InChI=1S/C37H57N10O16P/c1-20(2)16-24(38)33(55)45-26(17-22-8-10-23(11-9-22)63-64(60,61)62)37(59)43-25(12-13-29(48)49)35(57)46-28(19-31(52)53)36(58)42-21(3)32(54)44-27(18-30(50)51)34(56)40-14-6-4-5-7-15-41-47-39/h8-11,20-21,24-28H,4-7,12-19,38H2,1-3H3,(H,40,56)(H,42,58)(H,43,59)(H,44,54)(H,45,55)(H,46,57)(H,48,49)(H,50,51)(H,52,53)(H2,60,61,62)/t21-,24-,25-,26-,27-,28-/m0/s1. The van der Waals surface area contributed by atoms with Gasteiger partial charge in [-0.05, 0) is 61.8 Å². The number of phosphoric ester groups is 1. The Kier molecular flexibility index (Phi) is 24.7. The van der Waals surface area contributed by atoms with Gasteiger partial charge in [0.1, 0.15) is 36.0 Å². The van der Waals surface area contributed by atoms with Crippen LogP contribution in [0, 0.1) is 5.92 Å². The van der Waals surface area contributed by atoms with Crippen LogP contribution >= 0.6 is 7.82 Å². The summed E-state index contributed by atoms with van der Waals surface area (Å²) in [7, 11) is -4.91. The van der Waals surface area contributed by atoms with E-state index in [0.29, 0.717) is 37.8 Å². The predicted molar refractivity (Wildman–Crippen MR) is 222 cm³/mol. The summed E-state index contributed by atoms with van der Waals surface area (Å²) in [6.07, 6.45) is -0.936. The van der Waals surface area contributed by atoms with Gasteiger partial charge in [-0.1, -0.05) is 43.9 Å². The summed E-state index contributed by atoms with van der Waals surface area (Å²) in [5.41, 5.74) is 14.6. The second kappa shape index (κ2) is 28.4. The van der Waals surface area contributed by atoms with Gasteiger partial charge < -0.3 is 57.5 Å². The molecule has 0 aromatic heterocycles. The number of benzene rings is 1. The lowest BCUT2D eigenvalue weighted by Crippen LogP contribution is -2.59. The maximum absolute atomic E-state index is 13.8. The molecule has 26 nitrogen and oxygen atoms in total. The van der Waals surface area contributed by atoms with Gasteiger partial charge in [0.15, 0.2) is 0 Å². The molecule has 0 heterocycles. The number of rotatable bonds is 31. The molecule has 0 aliphatic rings. The van der Waals surface area contributed by atoms with Gasteiger partial charge in [0.05, 0.1) is 18.9 Å². The fraction of sp³-hybridized carbons (Fsp3) is 0.595. The number of carboxylic acids is 3. The minimum atomic E-state index is -4.91. The normalized spacial score (nSPS) is 13.9. The molecule has 0 bridgehead atoms. The number of phosphoric acid groups is 1. The average Bonchev–Trinajstić information content (AvgIpc) is 3.18. The van der Waals surface area contributed by atoms with E-state index < -0.39 is 123 Å². The van der Waals surface area contributed by atoms with Crippen molar-refractivity contribution in [3.8, 4) is 5.75 Å². The molecule has 356 valence electrons. The van der Waals surface area contributed by atoms with E-state index in [1.54, 1.807) is 13.8 Å². The first-order chi connectivity index (χ1) is 29.9. The van der Waals surface area contributed by atoms with Crippen molar-refractivity contribution in [3.63, 3.8) is 0 Å². The largest absolute Gasteiger partial charge is 0.524 e. The molecule has 0 aliphatic carbocycles. The van der Waals surface area contributed by atoms with Crippen LogP contribution in [0.1, 0.15) is 84.1 Å². The SMILES string of the molecule is CC(C)C[C@H](N)C(=O)N[C@@H](Cc1ccc(OP(=O)(O)O)cc1)C(=O)N[C@@H](CCC(=O)O)C(=O)N[C@@H](CC(=O)O)C(=O)N[C@@H](C)C(=O)N[C@@H](CC(=O)O)C(=O)NCCCCCCN=[N+]=[N-]. The molecule has 1 aromatic carbocycles. The van der Waals surface area contributed by atoms with E-state index in [1.165, 1.54) is 24.3 Å². The van der Waals surface area contributed by atoms with Gasteiger partial charge in [0.2, 0.25) is 35.4 Å². The zero-order valence-corrected chi connectivity index (χ0v) is 36.3. The van der Waals surface area contributed by atoms with Crippen molar-refractivity contribution in [1.82, 2.24) is 31.9 Å². The van der Waals surface area contributed by atoms with Crippen LogP contribution in [0.2, 0.25) is 0 Å². The van der Waals surface area contributed by atoms with Crippen LogP contribution in [0.5, 0.6) is 5.75 Å². The average molecular weight is 929 g/mol. The second-order valence-corrected chi connectivity index (χ2v) is 16.1. The lowest BCUT2D eigenvalue weighted by atomic mass is 10.0. The second-order valence-electron chi connectivity index (χ2n) is 14.9. The molecule has 6 atom stereocenters.